The molecule has 118 valence electrons. The first kappa shape index (κ1) is 15.0. The molecule has 3 rings (SSSR count). The summed E-state index contributed by atoms with van der Waals surface area (Å²) >= 11 is 0. The van der Waals surface area contributed by atoms with E-state index in [0.29, 0.717) is 0 Å². The first-order chi connectivity index (χ1) is 10.5. The summed E-state index contributed by atoms with van der Waals surface area (Å²) in [5.41, 5.74) is 3.19. The van der Waals surface area contributed by atoms with Gasteiger partial charge in [0.25, 0.3) is 0 Å². The molecular formula is C17H23FN4. The molecule has 1 aliphatic rings. The van der Waals surface area contributed by atoms with Crippen molar-refractivity contribution in [2.45, 2.75) is 26.2 Å². The SMILES string of the molecule is CC(C)(C)c1c(N2CCNCC2)cnn1-c1ccc(F)cc1. The predicted octanol–water partition coefficient (Wildman–Crippen LogP) is 2.72. The van der Waals surface area contributed by atoms with Crippen LogP contribution in [0, 0.1) is 5.82 Å². The molecule has 1 N–H and O–H groups in total. The van der Waals surface area contributed by atoms with E-state index >= 15 is 0 Å². The zero-order chi connectivity index (χ0) is 15.7. The summed E-state index contributed by atoms with van der Waals surface area (Å²) in [5, 5.41) is 7.97. The molecule has 1 aliphatic heterocycles. The number of benzene rings is 1. The maximum absolute atomic E-state index is 13.2. The highest BCUT2D eigenvalue weighted by atomic mass is 19.1. The van der Waals surface area contributed by atoms with E-state index in [1.165, 1.54) is 23.5 Å². The molecule has 1 saturated heterocycles. The summed E-state index contributed by atoms with van der Waals surface area (Å²) in [7, 11) is 0. The molecule has 0 amide bonds. The van der Waals surface area contributed by atoms with Crippen LogP contribution in [0.25, 0.3) is 5.69 Å². The largest absolute Gasteiger partial charge is 0.366 e. The van der Waals surface area contributed by atoms with Crippen LogP contribution in [-0.2, 0) is 5.41 Å². The summed E-state index contributed by atoms with van der Waals surface area (Å²) in [4.78, 5) is 2.38. The van der Waals surface area contributed by atoms with Gasteiger partial charge < -0.3 is 10.2 Å². The number of halogens is 1. The first-order valence-electron chi connectivity index (χ1n) is 7.77. The molecular weight excluding hydrogens is 279 g/mol. The number of hydrogen-bond donors (Lipinski definition) is 1. The van der Waals surface area contributed by atoms with E-state index in [1.54, 1.807) is 12.1 Å². The summed E-state index contributed by atoms with van der Waals surface area (Å²) in [6.45, 7) is 10.5. The smallest absolute Gasteiger partial charge is 0.123 e. The van der Waals surface area contributed by atoms with E-state index in [9.17, 15) is 4.39 Å². The molecule has 1 aromatic carbocycles. The predicted molar refractivity (Wildman–Crippen MR) is 87.3 cm³/mol. The number of piperazine rings is 1. The van der Waals surface area contributed by atoms with E-state index in [-0.39, 0.29) is 11.2 Å². The van der Waals surface area contributed by atoms with Gasteiger partial charge >= 0.3 is 0 Å². The van der Waals surface area contributed by atoms with Gasteiger partial charge in [-0.3, -0.25) is 0 Å². The third-order valence-electron chi connectivity index (χ3n) is 3.99. The Kier molecular flexibility index (Phi) is 3.91. The van der Waals surface area contributed by atoms with Crippen LogP contribution in [0.1, 0.15) is 26.5 Å². The van der Waals surface area contributed by atoms with E-state index in [1.807, 2.05) is 10.9 Å². The summed E-state index contributed by atoms with van der Waals surface area (Å²) in [5.74, 6) is -0.226. The number of anilines is 1. The van der Waals surface area contributed by atoms with E-state index in [2.05, 4.69) is 36.1 Å². The number of hydrogen-bond acceptors (Lipinski definition) is 3. The van der Waals surface area contributed by atoms with Crippen LogP contribution in [0.2, 0.25) is 0 Å². The Bertz CT molecular complexity index is 634. The summed E-state index contributed by atoms with van der Waals surface area (Å²) in [6.07, 6.45) is 1.94. The second-order valence-corrected chi connectivity index (χ2v) is 6.75. The summed E-state index contributed by atoms with van der Waals surface area (Å²) < 4.78 is 15.1. The monoisotopic (exact) mass is 302 g/mol. The molecule has 0 aliphatic carbocycles. The summed E-state index contributed by atoms with van der Waals surface area (Å²) in [6, 6.07) is 6.51. The molecule has 0 unspecified atom stereocenters. The Labute approximate surface area is 130 Å². The fourth-order valence-corrected chi connectivity index (χ4v) is 2.96. The highest BCUT2D eigenvalue weighted by Crippen LogP contribution is 2.34. The second kappa shape index (κ2) is 5.72. The fourth-order valence-electron chi connectivity index (χ4n) is 2.96. The topological polar surface area (TPSA) is 33.1 Å². The van der Waals surface area contributed by atoms with Gasteiger partial charge in [-0.05, 0) is 24.3 Å². The molecule has 1 aromatic heterocycles. The van der Waals surface area contributed by atoms with Crippen LogP contribution in [-0.4, -0.2) is 36.0 Å². The van der Waals surface area contributed by atoms with Crippen molar-refractivity contribution >= 4 is 5.69 Å². The average Bonchev–Trinajstić information content (AvgIpc) is 2.94. The second-order valence-electron chi connectivity index (χ2n) is 6.75. The van der Waals surface area contributed by atoms with Crippen molar-refractivity contribution in [1.29, 1.82) is 0 Å². The van der Waals surface area contributed by atoms with Crippen molar-refractivity contribution in [2.75, 3.05) is 31.1 Å². The van der Waals surface area contributed by atoms with E-state index < -0.39 is 0 Å². The molecule has 22 heavy (non-hydrogen) atoms. The standard InChI is InChI=1S/C17H23FN4/c1-17(2,3)16-15(21-10-8-19-9-11-21)12-20-22(16)14-6-4-13(18)5-7-14/h4-7,12,19H,8-11H2,1-3H3. The minimum absolute atomic E-state index is 0.0505. The van der Waals surface area contributed by atoms with Gasteiger partial charge in [0.1, 0.15) is 5.82 Å². The van der Waals surface area contributed by atoms with Crippen LogP contribution in [0.4, 0.5) is 10.1 Å². The number of nitrogens with zero attached hydrogens (tertiary/aromatic N) is 3. The van der Waals surface area contributed by atoms with Crippen molar-refractivity contribution in [1.82, 2.24) is 15.1 Å². The van der Waals surface area contributed by atoms with Gasteiger partial charge in [-0.25, -0.2) is 9.07 Å². The van der Waals surface area contributed by atoms with Gasteiger partial charge in [0, 0.05) is 31.6 Å². The maximum Gasteiger partial charge on any atom is 0.123 e. The molecule has 0 bridgehead atoms. The van der Waals surface area contributed by atoms with Gasteiger partial charge in [0.2, 0.25) is 0 Å². The zero-order valence-corrected chi connectivity index (χ0v) is 13.4. The molecule has 4 nitrogen and oxygen atoms in total. The Morgan fingerprint density at radius 1 is 1.09 bits per heavy atom. The third-order valence-corrected chi connectivity index (χ3v) is 3.99. The number of aromatic nitrogens is 2. The number of rotatable bonds is 2. The molecule has 5 heteroatoms. The molecule has 2 heterocycles. The van der Waals surface area contributed by atoms with Gasteiger partial charge in [-0.15, -0.1) is 0 Å². The van der Waals surface area contributed by atoms with Gasteiger partial charge in [-0.2, -0.15) is 5.10 Å². The Morgan fingerprint density at radius 2 is 1.73 bits per heavy atom. The van der Waals surface area contributed by atoms with Gasteiger partial charge in [0.15, 0.2) is 0 Å². The lowest BCUT2D eigenvalue weighted by Crippen LogP contribution is -2.44. The van der Waals surface area contributed by atoms with Crippen LogP contribution < -0.4 is 10.2 Å². The Morgan fingerprint density at radius 3 is 2.32 bits per heavy atom. The van der Waals surface area contributed by atoms with Crippen molar-refractivity contribution in [3.05, 3.63) is 42.0 Å². The lowest BCUT2D eigenvalue weighted by atomic mass is 9.90. The quantitative estimate of drug-likeness (QED) is 0.926. The molecule has 0 spiro atoms. The van der Waals surface area contributed by atoms with E-state index in [4.69, 9.17) is 0 Å². The highest BCUT2D eigenvalue weighted by molar-refractivity contribution is 5.55. The molecule has 1 fully saturated rings. The zero-order valence-electron chi connectivity index (χ0n) is 13.4. The third kappa shape index (κ3) is 2.86. The van der Waals surface area contributed by atoms with Crippen LogP contribution in [0.5, 0.6) is 0 Å². The molecule has 0 atom stereocenters. The van der Waals surface area contributed by atoms with Crippen molar-refractivity contribution in [2.24, 2.45) is 0 Å². The minimum Gasteiger partial charge on any atom is -0.366 e. The highest BCUT2D eigenvalue weighted by Gasteiger charge is 2.28. The fraction of sp³-hybridized carbons (Fsp3) is 0.471. The van der Waals surface area contributed by atoms with E-state index in [0.717, 1.165) is 31.9 Å². The lowest BCUT2D eigenvalue weighted by Gasteiger charge is -2.32. The Hall–Kier alpha value is -1.88. The molecule has 0 radical (unpaired) electrons. The normalized spacial score (nSPS) is 16.1. The maximum atomic E-state index is 13.2. The van der Waals surface area contributed by atoms with Gasteiger partial charge in [0.05, 0.1) is 23.3 Å². The van der Waals surface area contributed by atoms with Crippen LogP contribution in [0.3, 0.4) is 0 Å². The molecule has 2 aromatic rings. The first-order valence-corrected chi connectivity index (χ1v) is 7.77. The average molecular weight is 302 g/mol. The van der Waals surface area contributed by atoms with Crippen molar-refractivity contribution < 1.29 is 4.39 Å². The van der Waals surface area contributed by atoms with Crippen molar-refractivity contribution in [3.63, 3.8) is 0 Å². The van der Waals surface area contributed by atoms with Crippen LogP contribution >= 0.6 is 0 Å². The van der Waals surface area contributed by atoms with Gasteiger partial charge in [-0.1, -0.05) is 20.8 Å². The Balaban J connectivity index is 2.07. The number of nitrogens with one attached hydrogen (secondary N) is 1. The molecule has 0 saturated carbocycles. The van der Waals surface area contributed by atoms with Crippen molar-refractivity contribution in [3.8, 4) is 5.69 Å². The minimum atomic E-state index is -0.226. The lowest BCUT2D eigenvalue weighted by molar-refractivity contribution is 0.533. The van der Waals surface area contributed by atoms with Crippen LogP contribution in [0.15, 0.2) is 30.5 Å².